The van der Waals surface area contributed by atoms with Crippen LogP contribution in [0.5, 0.6) is 0 Å². The molecule has 1 saturated carbocycles. The normalized spacial score (nSPS) is 21.6. The smallest absolute Gasteiger partial charge is 0.191 e. The maximum absolute atomic E-state index is 5.77. The van der Waals surface area contributed by atoms with Gasteiger partial charge in [0.05, 0.1) is 12.7 Å². The Balaban J connectivity index is 0.00000312. The molecule has 0 aromatic rings. The van der Waals surface area contributed by atoms with E-state index in [1.165, 1.54) is 25.7 Å². The molecule has 6 nitrogen and oxygen atoms in total. The molecular formula is C18H37IN4O2. The molecule has 1 atom stereocenters. The number of halogens is 1. The zero-order valence-electron chi connectivity index (χ0n) is 16.0. The lowest BCUT2D eigenvalue weighted by atomic mass is 10.2. The van der Waals surface area contributed by atoms with Crippen LogP contribution in [-0.2, 0) is 9.47 Å². The van der Waals surface area contributed by atoms with Crippen LogP contribution in [-0.4, -0.2) is 76.1 Å². The number of ether oxygens (including phenoxy) is 2. The summed E-state index contributed by atoms with van der Waals surface area (Å²) in [5, 5.41) is 6.76. The zero-order chi connectivity index (χ0) is 17.0. The molecule has 0 bridgehead atoms. The number of rotatable bonds is 10. The van der Waals surface area contributed by atoms with E-state index in [4.69, 9.17) is 9.47 Å². The monoisotopic (exact) mass is 468 g/mol. The van der Waals surface area contributed by atoms with Gasteiger partial charge in [0.25, 0.3) is 0 Å². The Hall–Kier alpha value is -0.120. The van der Waals surface area contributed by atoms with Crippen molar-refractivity contribution in [3.63, 3.8) is 0 Å². The van der Waals surface area contributed by atoms with Gasteiger partial charge in [0.15, 0.2) is 5.96 Å². The van der Waals surface area contributed by atoms with E-state index in [1.807, 2.05) is 0 Å². The van der Waals surface area contributed by atoms with Gasteiger partial charge in [-0.25, -0.2) is 0 Å². The van der Waals surface area contributed by atoms with Crippen LogP contribution in [0.3, 0.4) is 0 Å². The van der Waals surface area contributed by atoms with E-state index in [0.29, 0.717) is 6.10 Å². The third kappa shape index (κ3) is 9.40. The molecule has 2 N–H and O–H groups in total. The molecule has 1 unspecified atom stereocenters. The molecule has 2 aliphatic rings. The fraction of sp³-hybridized carbons (Fsp3) is 0.944. The Bertz CT molecular complexity index is 359. The number of nitrogens with one attached hydrogen (secondary N) is 2. The average molecular weight is 468 g/mol. The van der Waals surface area contributed by atoms with E-state index < -0.39 is 0 Å². The standard InChI is InChI=1S/C18H36N4O2.HI/c1-3-19-18(20-10-6-13-24-17-9-14-23-15-17)21-11-12-22(2)16-7-4-5-8-16;/h16-17H,3-15H2,1-2H3,(H2,19,20,21);1H. The number of guanidine groups is 1. The Morgan fingerprint density at radius 2 is 2.04 bits per heavy atom. The molecule has 0 aromatic carbocycles. The average Bonchev–Trinajstić information content (AvgIpc) is 3.28. The summed E-state index contributed by atoms with van der Waals surface area (Å²) in [6.07, 6.45) is 7.78. The summed E-state index contributed by atoms with van der Waals surface area (Å²) >= 11 is 0. The second kappa shape index (κ2) is 14.0. The lowest BCUT2D eigenvalue weighted by Crippen LogP contribution is -2.42. The SMILES string of the molecule is CCNC(=NCCCOC1CCOC1)NCCN(C)C1CCCC1.I. The molecule has 148 valence electrons. The van der Waals surface area contributed by atoms with Crippen molar-refractivity contribution < 1.29 is 9.47 Å². The highest BCUT2D eigenvalue weighted by molar-refractivity contribution is 14.0. The molecule has 7 heteroatoms. The van der Waals surface area contributed by atoms with Gasteiger partial charge in [0, 0.05) is 45.4 Å². The van der Waals surface area contributed by atoms with E-state index in [-0.39, 0.29) is 24.0 Å². The highest BCUT2D eigenvalue weighted by Crippen LogP contribution is 2.21. The molecule has 1 aliphatic heterocycles. The van der Waals surface area contributed by atoms with Gasteiger partial charge in [-0.3, -0.25) is 4.99 Å². The van der Waals surface area contributed by atoms with Crippen molar-refractivity contribution in [3.05, 3.63) is 0 Å². The first-order valence-corrected chi connectivity index (χ1v) is 9.71. The maximum Gasteiger partial charge on any atom is 0.191 e. The lowest BCUT2D eigenvalue weighted by Gasteiger charge is -2.24. The fourth-order valence-electron chi connectivity index (χ4n) is 3.37. The van der Waals surface area contributed by atoms with Crippen molar-refractivity contribution in [1.82, 2.24) is 15.5 Å². The van der Waals surface area contributed by atoms with Crippen LogP contribution in [0.4, 0.5) is 0 Å². The number of aliphatic imine (C=N–C) groups is 1. The van der Waals surface area contributed by atoms with E-state index in [1.54, 1.807) is 0 Å². The van der Waals surface area contributed by atoms with Crippen LogP contribution in [0.1, 0.15) is 45.4 Å². The van der Waals surface area contributed by atoms with Crippen LogP contribution < -0.4 is 10.6 Å². The predicted molar refractivity (Wildman–Crippen MR) is 114 cm³/mol. The van der Waals surface area contributed by atoms with Crippen LogP contribution in [0.25, 0.3) is 0 Å². The predicted octanol–water partition coefficient (Wildman–Crippen LogP) is 2.23. The van der Waals surface area contributed by atoms with E-state index in [9.17, 15) is 0 Å². The summed E-state index contributed by atoms with van der Waals surface area (Å²) in [4.78, 5) is 7.12. The van der Waals surface area contributed by atoms with Crippen molar-refractivity contribution in [2.75, 3.05) is 53.0 Å². The molecule has 2 rings (SSSR count). The number of hydrogen-bond acceptors (Lipinski definition) is 4. The minimum Gasteiger partial charge on any atom is -0.379 e. The third-order valence-electron chi connectivity index (χ3n) is 4.86. The first-order chi connectivity index (χ1) is 11.8. The van der Waals surface area contributed by atoms with Crippen molar-refractivity contribution in [2.45, 2.75) is 57.6 Å². The topological polar surface area (TPSA) is 58.1 Å². The van der Waals surface area contributed by atoms with Gasteiger partial charge in [-0.15, -0.1) is 24.0 Å². The minimum atomic E-state index is 0. The fourth-order valence-corrected chi connectivity index (χ4v) is 3.37. The summed E-state index contributed by atoms with van der Waals surface area (Å²) in [6.45, 7) is 8.15. The molecule has 0 spiro atoms. The third-order valence-corrected chi connectivity index (χ3v) is 4.86. The highest BCUT2D eigenvalue weighted by atomic mass is 127. The molecule has 2 fully saturated rings. The molecular weight excluding hydrogens is 431 g/mol. The number of likely N-dealkylation sites (N-methyl/N-ethyl adjacent to an activating group) is 1. The quantitative estimate of drug-likeness (QED) is 0.223. The van der Waals surface area contributed by atoms with Crippen LogP contribution in [0.2, 0.25) is 0 Å². The Kier molecular flexibility index (Phi) is 12.8. The molecule has 1 saturated heterocycles. The lowest BCUT2D eigenvalue weighted by molar-refractivity contribution is 0.0424. The second-order valence-electron chi connectivity index (χ2n) is 6.82. The molecule has 0 radical (unpaired) electrons. The number of hydrogen-bond donors (Lipinski definition) is 2. The van der Waals surface area contributed by atoms with Crippen molar-refractivity contribution in [2.24, 2.45) is 4.99 Å². The summed E-state index contributed by atoms with van der Waals surface area (Å²) < 4.78 is 11.1. The number of nitrogens with zero attached hydrogens (tertiary/aromatic N) is 2. The van der Waals surface area contributed by atoms with Crippen LogP contribution in [0.15, 0.2) is 4.99 Å². The maximum atomic E-state index is 5.77. The van der Waals surface area contributed by atoms with Crippen molar-refractivity contribution in [3.8, 4) is 0 Å². The zero-order valence-corrected chi connectivity index (χ0v) is 18.3. The molecule has 1 heterocycles. The first-order valence-electron chi connectivity index (χ1n) is 9.71. The minimum absolute atomic E-state index is 0. The van der Waals surface area contributed by atoms with Gasteiger partial charge in [-0.05, 0) is 39.7 Å². The van der Waals surface area contributed by atoms with Gasteiger partial charge < -0.3 is 25.0 Å². The van der Waals surface area contributed by atoms with Gasteiger partial charge in [0.2, 0.25) is 0 Å². The van der Waals surface area contributed by atoms with Crippen LogP contribution >= 0.6 is 24.0 Å². The Labute approximate surface area is 170 Å². The first kappa shape index (κ1) is 22.9. The van der Waals surface area contributed by atoms with E-state index in [2.05, 4.69) is 34.5 Å². The molecule has 25 heavy (non-hydrogen) atoms. The van der Waals surface area contributed by atoms with Gasteiger partial charge >= 0.3 is 0 Å². The molecule has 0 aromatic heterocycles. The Morgan fingerprint density at radius 1 is 1.24 bits per heavy atom. The summed E-state index contributed by atoms with van der Waals surface area (Å²) in [6, 6.07) is 0.781. The van der Waals surface area contributed by atoms with Crippen molar-refractivity contribution in [1.29, 1.82) is 0 Å². The van der Waals surface area contributed by atoms with Gasteiger partial charge in [0.1, 0.15) is 0 Å². The molecule has 0 amide bonds. The summed E-state index contributed by atoms with van der Waals surface area (Å²) in [5.74, 6) is 0.918. The van der Waals surface area contributed by atoms with Gasteiger partial charge in [-0.2, -0.15) is 0 Å². The second-order valence-corrected chi connectivity index (χ2v) is 6.82. The van der Waals surface area contributed by atoms with Crippen molar-refractivity contribution >= 4 is 29.9 Å². The molecule has 1 aliphatic carbocycles. The summed E-state index contributed by atoms with van der Waals surface area (Å²) in [7, 11) is 2.24. The largest absolute Gasteiger partial charge is 0.379 e. The Morgan fingerprint density at radius 3 is 2.72 bits per heavy atom. The van der Waals surface area contributed by atoms with E-state index >= 15 is 0 Å². The van der Waals surface area contributed by atoms with Gasteiger partial charge in [-0.1, -0.05) is 12.8 Å². The van der Waals surface area contributed by atoms with Crippen LogP contribution in [0, 0.1) is 0 Å². The van der Waals surface area contributed by atoms with E-state index in [0.717, 1.165) is 70.8 Å². The highest BCUT2D eigenvalue weighted by Gasteiger charge is 2.18. The summed E-state index contributed by atoms with van der Waals surface area (Å²) in [5.41, 5.74) is 0.